The predicted octanol–water partition coefficient (Wildman–Crippen LogP) is 2.28. The van der Waals surface area contributed by atoms with Gasteiger partial charge in [0, 0.05) is 25.4 Å². The summed E-state index contributed by atoms with van der Waals surface area (Å²) in [5.74, 6) is -0.889. The van der Waals surface area contributed by atoms with Gasteiger partial charge >= 0.3 is 6.09 Å². The molecule has 0 spiro atoms. The van der Waals surface area contributed by atoms with Crippen molar-refractivity contribution in [2.75, 3.05) is 6.54 Å². The fourth-order valence-corrected chi connectivity index (χ4v) is 3.13. The van der Waals surface area contributed by atoms with Crippen LogP contribution in [0.2, 0.25) is 0 Å². The summed E-state index contributed by atoms with van der Waals surface area (Å²) in [4.78, 5) is 42.3. The van der Waals surface area contributed by atoms with E-state index >= 15 is 0 Å². The third kappa shape index (κ3) is 3.52. The molecule has 6 nitrogen and oxygen atoms in total. The number of nitrogens with zero attached hydrogens (tertiary/aromatic N) is 2. The summed E-state index contributed by atoms with van der Waals surface area (Å²) in [6, 6.07) is 10.0. The fraction of sp³-hybridized carbons (Fsp3) is 0.471. The quantitative estimate of drug-likeness (QED) is 0.802. The first-order valence-corrected chi connectivity index (χ1v) is 8.03. The minimum atomic E-state index is -0.603. The molecule has 6 heteroatoms. The van der Waals surface area contributed by atoms with Crippen molar-refractivity contribution in [1.82, 2.24) is 9.96 Å². The minimum Gasteiger partial charge on any atom is -0.311 e. The summed E-state index contributed by atoms with van der Waals surface area (Å²) >= 11 is 0. The normalized spacial score (nSPS) is 21.7. The molecule has 0 radical (unpaired) electrons. The summed E-state index contributed by atoms with van der Waals surface area (Å²) in [6.07, 6.45) is 3.22. The molecule has 3 rings (SSSR count). The molecule has 0 saturated carbocycles. The summed E-state index contributed by atoms with van der Waals surface area (Å²) in [5.41, 5.74) is 1.16. The Bertz CT molecular complexity index is 586. The zero-order valence-electron chi connectivity index (χ0n) is 12.9. The number of carbonyl (C=O) groups is 3. The molecule has 2 saturated heterocycles. The number of hydroxylamine groups is 2. The number of likely N-dealkylation sites (tertiary alicyclic amines) is 1. The van der Waals surface area contributed by atoms with Gasteiger partial charge in [0.25, 0.3) is 11.8 Å². The predicted molar refractivity (Wildman–Crippen MR) is 82.1 cm³/mol. The Hall–Kier alpha value is -2.37. The van der Waals surface area contributed by atoms with Gasteiger partial charge in [-0.15, -0.1) is 5.06 Å². The molecule has 2 aliphatic rings. The highest BCUT2D eigenvalue weighted by Crippen LogP contribution is 2.23. The molecule has 2 heterocycles. The van der Waals surface area contributed by atoms with Crippen LogP contribution in [0.25, 0.3) is 0 Å². The summed E-state index contributed by atoms with van der Waals surface area (Å²) in [6.45, 7) is 0.590. The first kappa shape index (κ1) is 15.5. The molecule has 0 bridgehead atoms. The van der Waals surface area contributed by atoms with E-state index in [-0.39, 0.29) is 18.9 Å². The SMILES string of the molecule is O=C1CCC(=O)N1OC(=O)N1CCCC[C@@H]1Cc1ccccc1. The van der Waals surface area contributed by atoms with Crippen molar-refractivity contribution in [3.05, 3.63) is 35.9 Å². The van der Waals surface area contributed by atoms with Gasteiger partial charge in [-0.25, -0.2) is 4.79 Å². The van der Waals surface area contributed by atoms with Gasteiger partial charge in [-0.3, -0.25) is 9.59 Å². The molecular weight excluding hydrogens is 296 g/mol. The van der Waals surface area contributed by atoms with Crippen LogP contribution in [0.1, 0.15) is 37.7 Å². The van der Waals surface area contributed by atoms with Crippen molar-refractivity contribution in [2.24, 2.45) is 0 Å². The number of hydrogen-bond donors (Lipinski definition) is 0. The van der Waals surface area contributed by atoms with Gasteiger partial charge in [-0.05, 0) is 31.2 Å². The number of benzene rings is 1. The number of hydrogen-bond acceptors (Lipinski definition) is 4. The van der Waals surface area contributed by atoms with Gasteiger partial charge in [-0.2, -0.15) is 0 Å². The molecule has 3 amide bonds. The lowest BCUT2D eigenvalue weighted by molar-refractivity contribution is -0.174. The van der Waals surface area contributed by atoms with Gasteiger partial charge in [0.1, 0.15) is 0 Å². The second-order valence-electron chi connectivity index (χ2n) is 5.97. The number of carbonyl (C=O) groups excluding carboxylic acids is 3. The first-order valence-electron chi connectivity index (χ1n) is 8.03. The molecule has 0 aromatic heterocycles. The Morgan fingerprint density at radius 1 is 1.09 bits per heavy atom. The van der Waals surface area contributed by atoms with Crippen LogP contribution < -0.4 is 0 Å². The summed E-state index contributed by atoms with van der Waals surface area (Å²) in [5, 5.41) is 0.622. The molecule has 23 heavy (non-hydrogen) atoms. The molecule has 122 valence electrons. The Morgan fingerprint density at radius 2 is 1.78 bits per heavy atom. The van der Waals surface area contributed by atoms with E-state index in [4.69, 9.17) is 4.84 Å². The van der Waals surface area contributed by atoms with E-state index in [0.29, 0.717) is 11.6 Å². The smallest absolute Gasteiger partial charge is 0.311 e. The summed E-state index contributed by atoms with van der Waals surface area (Å²) in [7, 11) is 0. The Labute approximate surface area is 135 Å². The number of imide groups is 1. The van der Waals surface area contributed by atoms with Crippen molar-refractivity contribution in [3.63, 3.8) is 0 Å². The van der Waals surface area contributed by atoms with Gasteiger partial charge in [-0.1, -0.05) is 30.3 Å². The monoisotopic (exact) mass is 316 g/mol. The standard InChI is InChI=1S/C17H20N2O4/c20-15-9-10-16(21)19(15)23-17(22)18-11-5-4-8-14(18)12-13-6-2-1-3-7-13/h1-3,6-7,14H,4-5,8-12H2/t14-/m1/s1. The zero-order valence-corrected chi connectivity index (χ0v) is 12.9. The summed E-state index contributed by atoms with van der Waals surface area (Å²) < 4.78 is 0. The van der Waals surface area contributed by atoms with E-state index in [1.54, 1.807) is 4.90 Å². The van der Waals surface area contributed by atoms with Crippen LogP contribution in [-0.4, -0.2) is 40.5 Å². The first-order chi connectivity index (χ1) is 11.1. The van der Waals surface area contributed by atoms with Crippen LogP contribution in [0, 0.1) is 0 Å². The van der Waals surface area contributed by atoms with E-state index in [1.807, 2.05) is 30.3 Å². The van der Waals surface area contributed by atoms with Crippen molar-refractivity contribution in [3.8, 4) is 0 Å². The molecule has 2 fully saturated rings. The highest BCUT2D eigenvalue weighted by Gasteiger charge is 2.36. The molecule has 1 atom stereocenters. The van der Waals surface area contributed by atoms with Gasteiger partial charge in [0.05, 0.1) is 0 Å². The third-order valence-electron chi connectivity index (χ3n) is 4.35. The Kier molecular flexibility index (Phi) is 4.60. The minimum absolute atomic E-state index is 0.0338. The highest BCUT2D eigenvalue weighted by atomic mass is 16.7. The lowest BCUT2D eigenvalue weighted by Gasteiger charge is -2.35. The van der Waals surface area contributed by atoms with Crippen LogP contribution in [0.3, 0.4) is 0 Å². The molecule has 0 aliphatic carbocycles. The van der Waals surface area contributed by atoms with Crippen LogP contribution in [0.5, 0.6) is 0 Å². The molecule has 1 aromatic carbocycles. The Balaban J connectivity index is 1.67. The maximum absolute atomic E-state index is 12.4. The second-order valence-corrected chi connectivity index (χ2v) is 5.97. The van der Waals surface area contributed by atoms with Gasteiger partial charge in [0.15, 0.2) is 0 Å². The van der Waals surface area contributed by atoms with Crippen LogP contribution in [0.4, 0.5) is 4.79 Å². The van der Waals surface area contributed by atoms with Gasteiger partial charge < -0.3 is 9.74 Å². The molecule has 0 N–H and O–H groups in total. The third-order valence-corrected chi connectivity index (χ3v) is 4.35. The lowest BCUT2D eigenvalue weighted by Crippen LogP contribution is -2.47. The van der Waals surface area contributed by atoms with E-state index in [2.05, 4.69) is 0 Å². The van der Waals surface area contributed by atoms with Crippen LogP contribution in [0.15, 0.2) is 30.3 Å². The van der Waals surface area contributed by atoms with Crippen LogP contribution in [-0.2, 0) is 20.8 Å². The van der Waals surface area contributed by atoms with Gasteiger partial charge in [0.2, 0.25) is 0 Å². The van der Waals surface area contributed by atoms with Crippen molar-refractivity contribution in [1.29, 1.82) is 0 Å². The molecule has 0 unspecified atom stereocenters. The number of piperidine rings is 1. The Morgan fingerprint density at radius 3 is 2.48 bits per heavy atom. The van der Waals surface area contributed by atoms with Crippen molar-refractivity contribution in [2.45, 2.75) is 44.6 Å². The maximum Gasteiger partial charge on any atom is 0.435 e. The average molecular weight is 316 g/mol. The van der Waals surface area contributed by atoms with Crippen molar-refractivity contribution >= 4 is 17.9 Å². The largest absolute Gasteiger partial charge is 0.435 e. The van der Waals surface area contributed by atoms with Crippen molar-refractivity contribution < 1.29 is 19.2 Å². The van der Waals surface area contributed by atoms with E-state index in [1.165, 1.54) is 0 Å². The second kappa shape index (κ2) is 6.81. The molecule has 1 aromatic rings. The van der Waals surface area contributed by atoms with E-state index in [9.17, 15) is 14.4 Å². The fourth-order valence-electron chi connectivity index (χ4n) is 3.13. The molecule has 2 aliphatic heterocycles. The highest BCUT2D eigenvalue weighted by molar-refractivity contribution is 6.01. The number of rotatable bonds is 3. The van der Waals surface area contributed by atoms with E-state index in [0.717, 1.165) is 31.2 Å². The van der Waals surface area contributed by atoms with Crippen LogP contribution >= 0.6 is 0 Å². The lowest BCUT2D eigenvalue weighted by atomic mass is 9.96. The van der Waals surface area contributed by atoms with E-state index < -0.39 is 17.9 Å². The average Bonchev–Trinajstić information content (AvgIpc) is 2.88. The zero-order chi connectivity index (χ0) is 16.2. The number of amides is 3. The maximum atomic E-state index is 12.4. The molecular formula is C17H20N2O4. The topological polar surface area (TPSA) is 66.9 Å².